The standard InChI is InChI=1S/C16H26N2O/c1-3-5-6-9-19-16-11-13(10-14(4-2)18-16)12-17-15-7-8-15/h10-11,15,17H,3-9,12H2,1-2H3. The molecule has 1 aliphatic rings. The predicted octanol–water partition coefficient (Wildman–Crippen LogP) is 3.47. The van der Waals surface area contributed by atoms with Crippen LogP contribution in [0.4, 0.5) is 0 Å². The average Bonchev–Trinajstić information content (AvgIpc) is 3.25. The lowest BCUT2D eigenvalue weighted by atomic mass is 10.2. The predicted molar refractivity (Wildman–Crippen MR) is 78.5 cm³/mol. The van der Waals surface area contributed by atoms with Crippen molar-refractivity contribution >= 4 is 0 Å². The van der Waals surface area contributed by atoms with Crippen LogP contribution in [0.25, 0.3) is 0 Å². The molecule has 1 heterocycles. The molecule has 0 aliphatic heterocycles. The molecule has 1 fully saturated rings. The topological polar surface area (TPSA) is 34.1 Å². The summed E-state index contributed by atoms with van der Waals surface area (Å²) in [6.45, 7) is 6.06. The van der Waals surface area contributed by atoms with Gasteiger partial charge in [0.25, 0.3) is 0 Å². The van der Waals surface area contributed by atoms with Crippen molar-refractivity contribution in [3.05, 3.63) is 23.4 Å². The Balaban J connectivity index is 1.89. The minimum Gasteiger partial charge on any atom is -0.478 e. The summed E-state index contributed by atoms with van der Waals surface area (Å²) in [6, 6.07) is 5.02. The number of ether oxygens (including phenoxy) is 1. The fraction of sp³-hybridized carbons (Fsp3) is 0.688. The van der Waals surface area contributed by atoms with Gasteiger partial charge in [0.1, 0.15) is 0 Å². The quantitative estimate of drug-likeness (QED) is 0.692. The van der Waals surface area contributed by atoms with E-state index in [0.29, 0.717) is 0 Å². The lowest BCUT2D eigenvalue weighted by Gasteiger charge is -2.10. The maximum absolute atomic E-state index is 5.77. The number of nitrogens with one attached hydrogen (secondary N) is 1. The van der Waals surface area contributed by atoms with E-state index in [1.807, 2.05) is 0 Å². The number of aromatic nitrogens is 1. The number of nitrogens with zero attached hydrogens (tertiary/aromatic N) is 1. The Kier molecular flexibility index (Phi) is 5.64. The van der Waals surface area contributed by atoms with Crippen LogP contribution in [-0.2, 0) is 13.0 Å². The first-order chi connectivity index (χ1) is 9.31. The SMILES string of the molecule is CCCCCOc1cc(CNC2CC2)cc(CC)n1. The van der Waals surface area contributed by atoms with Crippen LogP contribution in [0.15, 0.2) is 12.1 Å². The summed E-state index contributed by atoms with van der Waals surface area (Å²) < 4.78 is 5.77. The van der Waals surface area contributed by atoms with Crippen molar-refractivity contribution in [2.24, 2.45) is 0 Å². The van der Waals surface area contributed by atoms with Crippen LogP contribution >= 0.6 is 0 Å². The molecule has 0 spiro atoms. The van der Waals surface area contributed by atoms with Gasteiger partial charge in [-0.3, -0.25) is 0 Å². The normalized spacial score (nSPS) is 14.6. The molecule has 1 N–H and O–H groups in total. The lowest BCUT2D eigenvalue weighted by Crippen LogP contribution is -2.15. The van der Waals surface area contributed by atoms with Crippen LogP contribution in [-0.4, -0.2) is 17.6 Å². The van der Waals surface area contributed by atoms with E-state index in [9.17, 15) is 0 Å². The Bertz CT molecular complexity index is 388. The Morgan fingerprint density at radius 2 is 2.11 bits per heavy atom. The molecule has 0 atom stereocenters. The summed E-state index contributed by atoms with van der Waals surface area (Å²) in [7, 11) is 0. The van der Waals surface area contributed by atoms with Crippen LogP contribution in [0.1, 0.15) is 57.2 Å². The number of hydrogen-bond donors (Lipinski definition) is 1. The molecule has 0 bridgehead atoms. The van der Waals surface area contributed by atoms with Gasteiger partial charge < -0.3 is 10.1 Å². The second-order valence-electron chi connectivity index (χ2n) is 5.37. The van der Waals surface area contributed by atoms with Crippen molar-refractivity contribution in [1.82, 2.24) is 10.3 Å². The molecular weight excluding hydrogens is 236 g/mol. The van der Waals surface area contributed by atoms with E-state index in [2.05, 4.69) is 36.3 Å². The number of pyridine rings is 1. The van der Waals surface area contributed by atoms with Gasteiger partial charge in [0.2, 0.25) is 5.88 Å². The van der Waals surface area contributed by atoms with Crippen LogP contribution in [0.3, 0.4) is 0 Å². The highest BCUT2D eigenvalue weighted by molar-refractivity contribution is 5.25. The van der Waals surface area contributed by atoms with Gasteiger partial charge in [-0.2, -0.15) is 0 Å². The highest BCUT2D eigenvalue weighted by atomic mass is 16.5. The number of rotatable bonds is 9. The first kappa shape index (κ1) is 14.3. The minimum absolute atomic E-state index is 0.743. The third-order valence-electron chi connectivity index (χ3n) is 3.45. The largest absolute Gasteiger partial charge is 0.478 e. The Morgan fingerprint density at radius 3 is 2.79 bits per heavy atom. The molecule has 106 valence electrons. The maximum atomic E-state index is 5.77. The summed E-state index contributed by atoms with van der Waals surface area (Å²) in [5.41, 5.74) is 2.42. The molecule has 3 heteroatoms. The van der Waals surface area contributed by atoms with Crippen LogP contribution in [0.2, 0.25) is 0 Å². The molecule has 0 radical (unpaired) electrons. The smallest absolute Gasteiger partial charge is 0.213 e. The molecule has 0 unspecified atom stereocenters. The zero-order valence-corrected chi connectivity index (χ0v) is 12.2. The van der Waals surface area contributed by atoms with E-state index in [1.54, 1.807) is 0 Å². The zero-order valence-electron chi connectivity index (χ0n) is 12.2. The van der Waals surface area contributed by atoms with E-state index in [-0.39, 0.29) is 0 Å². The Morgan fingerprint density at radius 1 is 1.26 bits per heavy atom. The fourth-order valence-electron chi connectivity index (χ4n) is 2.06. The van der Waals surface area contributed by atoms with E-state index in [1.165, 1.54) is 31.2 Å². The molecule has 0 amide bonds. The monoisotopic (exact) mass is 262 g/mol. The van der Waals surface area contributed by atoms with Crippen molar-refractivity contribution in [3.8, 4) is 5.88 Å². The second kappa shape index (κ2) is 7.49. The van der Waals surface area contributed by atoms with E-state index >= 15 is 0 Å². The van der Waals surface area contributed by atoms with Gasteiger partial charge in [-0.25, -0.2) is 4.98 Å². The Labute approximate surface area is 116 Å². The van der Waals surface area contributed by atoms with Crippen LogP contribution in [0.5, 0.6) is 5.88 Å². The zero-order chi connectivity index (χ0) is 13.5. The minimum atomic E-state index is 0.743. The van der Waals surface area contributed by atoms with Gasteiger partial charge in [0.15, 0.2) is 0 Å². The third-order valence-corrected chi connectivity index (χ3v) is 3.45. The summed E-state index contributed by atoms with van der Waals surface area (Å²) in [5, 5.41) is 3.54. The van der Waals surface area contributed by atoms with E-state index in [0.717, 1.165) is 43.6 Å². The maximum Gasteiger partial charge on any atom is 0.213 e. The lowest BCUT2D eigenvalue weighted by molar-refractivity contribution is 0.293. The summed E-state index contributed by atoms with van der Waals surface area (Å²) in [5.74, 6) is 0.794. The van der Waals surface area contributed by atoms with E-state index in [4.69, 9.17) is 4.74 Å². The molecule has 1 saturated carbocycles. The number of aryl methyl sites for hydroxylation is 1. The molecule has 1 aliphatic carbocycles. The fourth-order valence-corrected chi connectivity index (χ4v) is 2.06. The molecular formula is C16H26N2O. The highest BCUT2D eigenvalue weighted by Crippen LogP contribution is 2.20. The van der Waals surface area contributed by atoms with Gasteiger partial charge in [-0.1, -0.05) is 26.7 Å². The molecule has 0 aromatic carbocycles. The van der Waals surface area contributed by atoms with Crippen LogP contribution in [0, 0.1) is 0 Å². The van der Waals surface area contributed by atoms with Crippen molar-refractivity contribution in [2.75, 3.05) is 6.61 Å². The number of unbranched alkanes of at least 4 members (excludes halogenated alkanes) is 2. The summed E-state index contributed by atoms with van der Waals surface area (Å²) in [6.07, 6.45) is 7.18. The van der Waals surface area contributed by atoms with Gasteiger partial charge in [-0.05, 0) is 37.3 Å². The highest BCUT2D eigenvalue weighted by Gasteiger charge is 2.20. The van der Waals surface area contributed by atoms with Crippen LogP contribution < -0.4 is 10.1 Å². The van der Waals surface area contributed by atoms with Crippen molar-refractivity contribution < 1.29 is 4.74 Å². The average molecular weight is 262 g/mol. The van der Waals surface area contributed by atoms with Crippen molar-refractivity contribution in [1.29, 1.82) is 0 Å². The third kappa shape index (κ3) is 5.19. The second-order valence-corrected chi connectivity index (χ2v) is 5.37. The molecule has 1 aromatic heterocycles. The molecule has 0 saturated heterocycles. The Hall–Kier alpha value is -1.09. The first-order valence-corrected chi connectivity index (χ1v) is 7.67. The molecule has 1 aromatic rings. The summed E-state index contributed by atoms with van der Waals surface area (Å²) in [4.78, 5) is 4.54. The summed E-state index contributed by atoms with van der Waals surface area (Å²) >= 11 is 0. The first-order valence-electron chi connectivity index (χ1n) is 7.67. The van der Waals surface area contributed by atoms with Gasteiger partial charge in [-0.15, -0.1) is 0 Å². The molecule has 3 nitrogen and oxygen atoms in total. The van der Waals surface area contributed by atoms with Gasteiger partial charge in [0, 0.05) is 24.3 Å². The van der Waals surface area contributed by atoms with Gasteiger partial charge in [0.05, 0.1) is 6.61 Å². The van der Waals surface area contributed by atoms with E-state index < -0.39 is 0 Å². The molecule has 2 rings (SSSR count). The molecule has 19 heavy (non-hydrogen) atoms. The van der Waals surface area contributed by atoms with Crippen molar-refractivity contribution in [3.63, 3.8) is 0 Å². The van der Waals surface area contributed by atoms with Crippen molar-refractivity contribution in [2.45, 2.75) is 65.0 Å². The number of hydrogen-bond acceptors (Lipinski definition) is 3. The van der Waals surface area contributed by atoms with Gasteiger partial charge >= 0.3 is 0 Å².